The van der Waals surface area contributed by atoms with Crippen LogP contribution in [0.1, 0.15) is 6.42 Å². The summed E-state index contributed by atoms with van der Waals surface area (Å²) in [5, 5.41) is 2.80. The molecule has 1 N–H and O–H groups in total. The maximum atomic E-state index is 12.7. The minimum atomic E-state index is -0.701. The molecule has 0 heterocycles. The maximum absolute atomic E-state index is 12.7. The third-order valence-electron chi connectivity index (χ3n) is 1.32. The molecule has 3 heteroatoms. The fourth-order valence-corrected chi connectivity index (χ4v) is 0.722. The molecule has 0 aromatic rings. The molecule has 0 saturated carbocycles. The highest BCUT2D eigenvalue weighted by Gasteiger charge is 2.03. The lowest BCUT2D eigenvalue weighted by atomic mass is 10.2. The van der Waals surface area contributed by atoms with E-state index in [4.69, 9.17) is 0 Å². The highest BCUT2D eigenvalue weighted by Crippen LogP contribution is 1.95. The van der Waals surface area contributed by atoms with E-state index in [9.17, 15) is 4.39 Å². The summed E-state index contributed by atoms with van der Waals surface area (Å²) in [6.45, 7) is 1.29. The van der Waals surface area contributed by atoms with Gasteiger partial charge in [0.25, 0.3) is 0 Å². The van der Waals surface area contributed by atoms with Crippen molar-refractivity contribution >= 4 is 0 Å². The van der Waals surface area contributed by atoms with Crippen molar-refractivity contribution in [3.8, 4) is 0 Å². The molecule has 1 unspecified atom stereocenters. The molecule has 0 aliphatic rings. The van der Waals surface area contributed by atoms with Gasteiger partial charge in [-0.3, -0.25) is 0 Å². The van der Waals surface area contributed by atoms with E-state index >= 15 is 0 Å². The monoisotopic (exact) mass is 148 g/mol. The van der Waals surface area contributed by atoms with Gasteiger partial charge in [-0.1, -0.05) is 0 Å². The lowest BCUT2D eigenvalue weighted by molar-refractivity contribution is 0.269. The SMILES string of the molecule is CNCC(F)CCN(C)C. The maximum Gasteiger partial charge on any atom is 0.114 e. The number of rotatable bonds is 5. The van der Waals surface area contributed by atoms with Crippen LogP contribution in [0.4, 0.5) is 4.39 Å². The molecule has 0 aromatic carbocycles. The van der Waals surface area contributed by atoms with Crippen LogP contribution in [-0.4, -0.2) is 45.3 Å². The van der Waals surface area contributed by atoms with E-state index < -0.39 is 6.17 Å². The average Bonchev–Trinajstić information content (AvgIpc) is 1.85. The smallest absolute Gasteiger partial charge is 0.114 e. The third kappa shape index (κ3) is 5.98. The van der Waals surface area contributed by atoms with Gasteiger partial charge in [-0.15, -0.1) is 0 Å². The first-order valence-corrected chi connectivity index (χ1v) is 3.60. The van der Waals surface area contributed by atoms with E-state index in [1.807, 2.05) is 19.0 Å². The van der Waals surface area contributed by atoms with Gasteiger partial charge in [0.15, 0.2) is 0 Å². The number of nitrogens with one attached hydrogen (secondary N) is 1. The van der Waals surface area contributed by atoms with Gasteiger partial charge in [0.1, 0.15) is 6.17 Å². The predicted octanol–water partition coefficient (Wildman–Crippen LogP) is 0.496. The van der Waals surface area contributed by atoms with Crippen molar-refractivity contribution in [2.75, 3.05) is 34.2 Å². The van der Waals surface area contributed by atoms with Gasteiger partial charge in [0, 0.05) is 13.1 Å². The number of hydrogen-bond acceptors (Lipinski definition) is 2. The highest BCUT2D eigenvalue weighted by molar-refractivity contribution is 4.59. The summed E-state index contributed by atoms with van der Waals surface area (Å²) < 4.78 is 12.7. The van der Waals surface area contributed by atoms with Crippen LogP contribution >= 0.6 is 0 Å². The van der Waals surface area contributed by atoms with E-state index in [-0.39, 0.29) is 0 Å². The van der Waals surface area contributed by atoms with Gasteiger partial charge in [-0.2, -0.15) is 0 Å². The fourth-order valence-electron chi connectivity index (χ4n) is 0.722. The molecule has 0 rings (SSSR count). The second-order valence-electron chi connectivity index (χ2n) is 2.75. The Hall–Kier alpha value is -0.150. The molecule has 2 nitrogen and oxygen atoms in total. The van der Waals surface area contributed by atoms with Gasteiger partial charge < -0.3 is 10.2 Å². The molecule has 0 saturated heterocycles. The van der Waals surface area contributed by atoms with Crippen LogP contribution in [0, 0.1) is 0 Å². The molecule has 0 aromatic heterocycles. The Morgan fingerprint density at radius 1 is 1.50 bits per heavy atom. The Morgan fingerprint density at radius 3 is 2.50 bits per heavy atom. The Balaban J connectivity index is 3.12. The summed E-state index contributed by atoms with van der Waals surface area (Å²) >= 11 is 0. The molecular formula is C7H17FN2. The number of hydrogen-bond donors (Lipinski definition) is 1. The van der Waals surface area contributed by atoms with Crippen LogP contribution in [0.15, 0.2) is 0 Å². The van der Waals surface area contributed by atoms with E-state index in [1.54, 1.807) is 7.05 Å². The highest BCUT2D eigenvalue weighted by atomic mass is 19.1. The number of alkyl halides is 1. The second-order valence-corrected chi connectivity index (χ2v) is 2.75. The van der Waals surface area contributed by atoms with Crippen LogP contribution in [0.5, 0.6) is 0 Å². The van der Waals surface area contributed by atoms with Crippen LogP contribution in [0.25, 0.3) is 0 Å². The summed E-state index contributed by atoms with van der Waals surface area (Å²) in [5.74, 6) is 0. The molecule has 0 bridgehead atoms. The summed E-state index contributed by atoms with van der Waals surface area (Å²) in [5.41, 5.74) is 0. The van der Waals surface area contributed by atoms with Gasteiger partial charge in [-0.05, 0) is 27.6 Å². The van der Waals surface area contributed by atoms with E-state index in [2.05, 4.69) is 5.32 Å². The van der Waals surface area contributed by atoms with Gasteiger partial charge in [0.2, 0.25) is 0 Å². The molecule has 0 aliphatic heterocycles. The molecule has 0 radical (unpaired) electrons. The Labute approximate surface area is 62.4 Å². The molecule has 0 aliphatic carbocycles. The molecule has 0 spiro atoms. The van der Waals surface area contributed by atoms with Gasteiger partial charge in [0.05, 0.1) is 0 Å². The molecule has 0 fully saturated rings. The summed E-state index contributed by atoms with van der Waals surface area (Å²) in [6, 6.07) is 0. The lowest BCUT2D eigenvalue weighted by Crippen LogP contribution is -2.24. The van der Waals surface area contributed by atoms with E-state index in [0.29, 0.717) is 13.0 Å². The first-order valence-electron chi connectivity index (χ1n) is 3.60. The van der Waals surface area contributed by atoms with Gasteiger partial charge >= 0.3 is 0 Å². The van der Waals surface area contributed by atoms with Crippen molar-refractivity contribution in [2.45, 2.75) is 12.6 Å². The predicted molar refractivity (Wildman–Crippen MR) is 42.0 cm³/mol. The Kier molecular flexibility index (Phi) is 5.54. The van der Waals surface area contributed by atoms with Crippen LogP contribution in [0.2, 0.25) is 0 Å². The summed E-state index contributed by atoms with van der Waals surface area (Å²) in [4.78, 5) is 1.99. The normalized spacial score (nSPS) is 14.1. The first kappa shape index (κ1) is 9.85. The van der Waals surface area contributed by atoms with Crippen molar-refractivity contribution in [3.05, 3.63) is 0 Å². The Bertz CT molecular complexity index is 76.0. The zero-order valence-corrected chi connectivity index (χ0v) is 7.02. The number of halogens is 1. The third-order valence-corrected chi connectivity index (χ3v) is 1.32. The van der Waals surface area contributed by atoms with Crippen molar-refractivity contribution in [1.29, 1.82) is 0 Å². The largest absolute Gasteiger partial charge is 0.317 e. The van der Waals surface area contributed by atoms with E-state index in [1.165, 1.54) is 0 Å². The van der Waals surface area contributed by atoms with Crippen LogP contribution in [0.3, 0.4) is 0 Å². The quantitative estimate of drug-likeness (QED) is 0.610. The lowest BCUT2D eigenvalue weighted by Gasteiger charge is -2.11. The summed E-state index contributed by atoms with van der Waals surface area (Å²) in [6.07, 6.45) is -0.0826. The molecule has 0 amide bonds. The van der Waals surface area contributed by atoms with Gasteiger partial charge in [-0.25, -0.2) is 4.39 Å². The van der Waals surface area contributed by atoms with Crippen molar-refractivity contribution in [1.82, 2.24) is 10.2 Å². The number of nitrogens with zero attached hydrogens (tertiary/aromatic N) is 1. The zero-order chi connectivity index (χ0) is 7.98. The standard InChI is InChI=1S/C7H17FN2/c1-9-6-7(8)4-5-10(2)3/h7,9H,4-6H2,1-3H3. The minimum Gasteiger partial charge on any atom is -0.317 e. The van der Waals surface area contributed by atoms with Crippen molar-refractivity contribution in [2.24, 2.45) is 0 Å². The topological polar surface area (TPSA) is 15.3 Å². The minimum absolute atomic E-state index is 0.466. The first-order chi connectivity index (χ1) is 4.66. The van der Waals surface area contributed by atoms with E-state index in [0.717, 1.165) is 6.54 Å². The second kappa shape index (κ2) is 5.62. The van der Waals surface area contributed by atoms with Crippen LogP contribution < -0.4 is 5.32 Å². The average molecular weight is 148 g/mol. The van der Waals surface area contributed by atoms with Crippen molar-refractivity contribution < 1.29 is 4.39 Å². The van der Waals surface area contributed by atoms with Crippen molar-refractivity contribution in [3.63, 3.8) is 0 Å². The molecule has 10 heavy (non-hydrogen) atoms. The fraction of sp³-hybridized carbons (Fsp3) is 1.00. The molecular weight excluding hydrogens is 131 g/mol. The Morgan fingerprint density at radius 2 is 2.10 bits per heavy atom. The summed E-state index contributed by atoms with van der Waals surface area (Å²) in [7, 11) is 5.67. The van der Waals surface area contributed by atoms with Crippen LogP contribution in [-0.2, 0) is 0 Å². The zero-order valence-electron chi connectivity index (χ0n) is 7.02. The molecule has 62 valence electrons. The molecule has 1 atom stereocenters.